The highest BCUT2D eigenvalue weighted by molar-refractivity contribution is 6.12. The van der Waals surface area contributed by atoms with E-state index in [-0.39, 0.29) is 28.0 Å². The Hall–Kier alpha value is -3.86. The molecule has 0 saturated heterocycles. The number of phenolic OH excluding ortho intramolecular Hbond substituents is 1. The van der Waals surface area contributed by atoms with Crippen molar-refractivity contribution in [2.75, 3.05) is 4.90 Å². The number of aliphatic imine (C=N–C) groups is 1. The van der Waals surface area contributed by atoms with Crippen molar-refractivity contribution in [3.05, 3.63) is 89.5 Å². The first-order chi connectivity index (χ1) is 20.7. The highest BCUT2D eigenvalue weighted by atomic mass is 16.5. The molecule has 0 radical (unpaired) electrons. The summed E-state index contributed by atoms with van der Waals surface area (Å²) in [5.74, 6) is 2.30. The van der Waals surface area contributed by atoms with Crippen molar-refractivity contribution in [3.63, 3.8) is 0 Å². The van der Waals surface area contributed by atoms with Crippen LogP contribution in [0.25, 0.3) is 10.9 Å². The third-order valence-corrected chi connectivity index (χ3v) is 9.32. The number of hydrogen-bond donors (Lipinski definition) is 1. The van der Waals surface area contributed by atoms with Crippen LogP contribution in [0, 0.1) is 5.41 Å². The fourth-order valence-corrected chi connectivity index (χ4v) is 6.73. The smallest absolute Gasteiger partial charge is 0.219 e. The first kappa shape index (κ1) is 30.2. The molecule has 6 rings (SSSR count). The zero-order valence-corrected chi connectivity index (χ0v) is 27.6. The number of hydrogen-bond acceptors (Lipinski definition) is 5. The minimum absolute atomic E-state index is 0.0208. The van der Waals surface area contributed by atoms with Crippen molar-refractivity contribution in [3.8, 4) is 17.4 Å². The normalized spacial score (nSPS) is 20.3. The van der Waals surface area contributed by atoms with E-state index < -0.39 is 0 Å². The summed E-state index contributed by atoms with van der Waals surface area (Å²) in [7, 11) is 0. The molecule has 1 aliphatic heterocycles. The molecule has 5 heteroatoms. The van der Waals surface area contributed by atoms with E-state index in [4.69, 9.17) is 9.73 Å². The van der Waals surface area contributed by atoms with Gasteiger partial charge in [-0.05, 0) is 83.0 Å². The number of fused-ring (bicyclic) bond motifs is 2. The molecule has 4 aromatic rings. The van der Waals surface area contributed by atoms with Crippen molar-refractivity contribution < 1.29 is 9.84 Å². The van der Waals surface area contributed by atoms with E-state index in [2.05, 4.69) is 95.6 Å². The Kier molecular flexibility index (Phi) is 7.50. The highest BCUT2D eigenvalue weighted by Crippen LogP contribution is 2.44. The molecule has 44 heavy (non-hydrogen) atoms. The lowest BCUT2D eigenvalue weighted by atomic mass is 9.80. The summed E-state index contributed by atoms with van der Waals surface area (Å²) in [6, 6.07) is 25.1. The van der Waals surface area contributed by atoms with Gasteiger partial charge in [0.2, 0.25) is 5.88 Å². The van der Waals surface area contributed by atoms with Crippen molar-refractivity contribution in [1.82, 2.24) is 4.98 Å². The number of para-hydroxylation sites is 1. The third-order valence-electron chi connectivity index (χ3n) is 9.32. The molecule has 1 aromatic heterocycles. The SMILES string of the molecule is CC1(C)CCC[C@H]2[C@H](C1)N=C(c1cccc(Oc3ccc4cccc(O)c4n3)c1)N2c1cc(C(C)(C)C)cc(C(C)(C)C)c1. The quantitative estimate of drug-likeness (QED) is 0.257. The number of aromatic nitrogens is 1. The Morgan fingerprint density at radius 2 is 1.57 bits per heavy atom. The van der Waals surface area contributed by atoms with Crippen LogP contribution < -0.4 is 9.64 Å². The first-order valence-corrected chi connectivity index (χ1v) is 16.1. The first-order valence-electron chi connectivity index (χ1n) is 16.1. The summed E-state index contributed by atoms with van der Waals surface area (Å²) in [5.41, 5.74) is 5.79. The molecule has 0 bridgehead atoms. The molecule has 0 unspecified atom stereocenters. The number of phenols is 1. The number of anilines is 1. The van der Waals surface area contributed by atoms with Crippen LogP contribution in [0.4, 0.5) is 5.69 Å². The van der Waals surface area contributed by atoms with Gasteiger partial charge in [0.15, 0.2) is 0 Å². The van der Waals surface area contributed by atoms with Gasteiger partial charge in [-0.1, -0.05) is 92.1 Å². The maximum atomic E-state index is 10.3. The third kappa shape index (κ3) is 6.06. The van der Waals surface area contributed by atoms with Crippen LogP contribution in [-0.2, 0) is 10.8 Å². The van der Waals surface area contributed by atoms with Crippen LogP contribution in [0.5, 0.6) is 17.4 Å². The predicted octanol–water partition coefficient (Wildman–Crippen LogP) is 9.93. The lowest BCUT2D eigenvalue weighted by molar-refractivity contribution is 0.298. The molecule has 0 amide bonds. The monoisotopic (exact) mass is 589 g/mol. The summed E-state index contributed by atoms with van der Waals surface area (Å²) >= 11 is 0. The average Bonchev–Trinajstić information content (AvgIpc) is 3.21. The lowest BCUT2D eigenvalue weighted by Gasteiger charge is -2.34. The van der Waals surface area contributed by atoms with E-state index in [1.54, 1.807) is 6.07 Å². The van der Waals surface area contributed by atoms with Gasteiger partial charge in [-0.25, -0.2) is 4.98 Å². The Bertz CT molecular complexity index is 1690. The molecule has 1 saturated carbocycles. The maximum Gasteiger partial charge on any atom is 0.219 e. The summed E-state index contributed by atoms with van der Waals surface area (Å²) in [4.78, 5) is 12.7. The second kappa shape index (κ2) is 10.9. The van der Waals surface area contributed by atoms with E-state index in [0.29, 0.717) is 23.2 Å². The van der Waals surface area contributed by atoms with Gasteiger partial charge in [0.05, 0.1) is 12.1 Å². The van der Waals surface area contributed by atoms with E-state index in [0.717, 1.165) is 29.6 Å². The summed E-state index contributed by atoms with van der Waals surface area (Å²) in [6.45, 7) is 18.6. The van der Waals surface area contributed by atoms with Crippen LogP contribution in [0.15, 0.2) is 77.8 Å². The Morgan fingerprint density at radius 3 is 2.27 bits per heavy atom. The topological polar surface area (TPSA) is 58.0 Å². The molecule has 1 N–H and O–H groups in total. The predicted molar refractivity (Wildman–Crippen MR) is 183 cm³/mol. The Morgan fingerprint density at radius 1 is 0.864 bits per heavy atom. The van der Waals surface area contributed by atoms with Gasteiger partial charge < -0.3 is 14.7 Å². The van der Waals surface area contributed by atoms with E-state index >= 15 is 0 Å². The van der Waals surface area contributed by atoms with Gasteiger partial charge in [0.1, 0.15) is 22.9 Å². The zero-order chi connectivity index (χ0) is 31.4. The van der Waals surface area contributed by atoms with Gasteiger partial charge in [0, 0.05) is 22.7 Å². The molecule has 2 aliphatic rings. The molecule has 1 aliphatic carbocycles. The van der Waals surface area contributed by atoms with Crippen LogP contribution >= 0.6 is 0 Å². The van der Waals surface area contributed by atoms with E-state index in [1.807, 2.05) is 36.4 Å². The van der Waals surface area contributed by atoms with Crippen LogP contribution in [0.3, 0.4) is 0 Å². The highest BCUT2D eigenvalue weighted by Gasteiger charge is 2.42. The molecule has 2 atom stereocenters. The summed E-state index contributed by atoms with van der Waals surface area (Å²) in [6.07, 6.45) is 4.61. The summed E-state index contributed by atoms with van der Waals surface area (Å²) in [5, 5.41) is 11.2. The summed E-state index contributed by atoms with van der Waals surface area (Å²) < 4.78 is 6.29. The molecule has 3 aromatic carbocycles. The van der Waals surface area contributed by atoms with Crippen LogP contribution in [-0.4, -0.2) is 28.0 Å². The average molecular weight is 590 g/mol. The maximum absolute atomic E-state index is 10.3. The molecule has 2 heterocycles. The fraction of sp³-hybridized carbons (Fsp3) is 0.436. The number of rotatable bonds is 4. The molecule has 5 nitrogen and oxygen atoms in total. The van der Waals surface area contributed by atoms with Crippen molar-refractivity contribution in [2.45, 2.75) is 104 Å². The number of benzene rings is 3. The van der Waals surface area contributed by atoms with Crippen molar-refractivity contribution in [2.24, 2.45) is 10.4 Å². The van der Waals surface area contributed by atoms with Gasteiger partial charge in [-0.3, -0.25) is 4.99 Å². The number of aromatic hydroxyl groups is 1. The van der Waals surface area contributed by atoms with E-state index in [9.17, 15) is 5.11 Å². The number of pyridine rings is 1. The second-order valence-corrected chi connectivity index (χ2v) is 15.6. The Balaban J connectivity index is 1.44. The molecular weight excluding hydrogens is 542 g/mol. The van der Waals surface area contributed by atoms with Gasteiger partial charge in [0.25, 0.3) is 0 Å². The van der Waals surface area contributed by atoms with Crippen LogP contribution in [0.1, 0.15) is 97.8 Å². The van der Waals surface area contributed by atoms with Gasteiger partial charge >= 0.3 is 0 Å². The zero-order valence-electron chi connectivity index (χ0n) is 27.6. The number of nitrogens with zero attached hydrogens (tertiary/aromatic N) is 3. The largest absolute Gasteiger partial charge is 0.506 e. The minimum atomic E-state index is 0.0208. The molecule has 230 valence electrons. The lowest BCUT2D eigenvalue weighted by Crippen LogP contribution is -2.40. The Labute approximate surface area is 263 Å². The molecule has 0 spiro atoms. The van der Waals surface area contributed by atoms with Gasteiger partial charge in [-0.2, -0.15) is 0 Å². The van der Waals surface area contributed by atoms with Crippen LogP contribution in [0.2, 0.25) is 0 Å². The molecular formula is C39H47N3O2. The number of amidine groups is 1. The standard InChI is InChI=1S/C39H47N3O2/c1-37(2,3)27-21-28(38(4,5)6)23-29(22-27)42-32-15-11-19-39(7,8)24-31(32)40-36(42)26-13-9-14-30(20-26)44-34-18-17-25-12-10-16-33(43)35(25)41-34/h9-10,12-14,16-18,20-23,31-32,43H,11,15,19,24H2,1-8H3/t31-,32-/m0/s1. The van der Waals surface area contributed by atoms with E-state index in [1.165, 1.54) is 29.7 Å². The fourth-order valence-electron chi connectivity index (χ4n) is 6.73. The number of ether oxygens (including phenoxy) is 1. The van der Waals surface area contributed by atoms with Crippen molar-refractivity contribution in [1.29, 1.82) is 0 Å². The van der Waals surface area contributed by atoms with Crippen molar-refractivity contribution >= 4 is 22.4 Å². The minimum Gasteiger partial charge on any atom is -0.506 e. The second-order valence-electron chi connectivity index (χ2n) is 15.6. The van der Waals surface area contributed by atoms with Gasteiger partial charge in [-0.15, -0.1) is 0 Å². The molecule has 1 fully saturated rings.